The summed E-state index contributed by atoms with van der Waals surface area (Å²) >= 11 is 0. The van der Waals surface area contributed by atoms with E-state index in [4.69, 9.17) is 18.6 Å². The van der Waals surface area contributed by atoms with Crippen molar-refractivity contribution in [1.82, 2.24) is 0 Å². The number of epoxide rings is 1. The van der Waals surface area contributed by atoms with Crippen LogP contribution >= 0.6 is 0 Å². The van der Waals surface area contributed by atoms with Crippen LogP contribution in [0.4, 0.5) is 0 Å². The van der Waals surface area contributed by atoms with Crippen molar-refractivity contribution in [2.45, 2.75) is 143 Å². The predicted octanol–water partition coefficient (Wildman–Crippen LogP) is 8.61. The molecule has 0 bridgehead atoms. The molecule has 10 rings (SSSR count). The first kappa shape index (κ1) is 39.3. The Kier molecular flexibility index (Phi) is 8.58. The van der Waals surface area contributed by atoms with Crippen LogP contribution < -0.4 is 0 Å². The number of rotatable bonds is 3. The zero-order valence-corrected chi connectivity index (χ0v) is 35.1. The number of ketones is 2. The van der Waals surface area contributed by atoms with Crippen molar-refractivity contribution >= 4 is 23.5 Å². The van der Waals surface area contributed by atoms with Crippen molar-refractivity contribution < 1.29 is 48.0 Å². The maximum Gasteiger partial charge on any atom is 0.302 e. The molecular weight excluding hydrogens is 737 g/mol. The third-order valence-electron chi connectivity index (χ3n) is 17.3. The van der Waals surface area contributed by atoms with E-state index in [-0.39, 0.29) is 41.1 Å². The molecule has 0 radical (unpaired) electrons. The van der Waals surface area contributed by atoms with Gasteiger partial charge in [-0.1, -0.05) is 32.9 Å². The smallest absolute Gasteiger partial charge is 0.302 e. The van der Waals surface area contributed by atoms with E-state index < -0.39 is 51.0 Å². The fourth-order valence-corrected chi connectivity index (χ4v) is 15.1. The lowest BCUT2D eigenvalue weighted by Gasteiger charge is -2.64. The van der Waals surface area contributed by atoms with Gasteiger partial charge in [-0.05, 0) is 142 Å². The monoisotopic (exact) mass is 794 g/mol. The zero-order chi connectivity index (χ0) is 41.5. The molecule has 13 unspecified atom stereocenters. The number of aliphatic hydroxyl groups excluding tert-OH is 1. The van der Waals surface area contributed by atoms with E-state index in [0.29, 0.717) is 41.9 Å². The van der Waals surface area contributed by atoms with E-state index in [1.807, 2.05) is 32.0 Å². The third-order valence-corrected chi connectivity index (χ3v) is 17.3. The molecule has 10 heteroatoms. The summed E-state index contributed by atoms with van der Waals surface area (Å²) in [5, 5.41) is 21.3. The summed E-state index contributed by atoms with van der Waals surface area (Å²) in [7, 11) is 0. The fraction of sp³-hybridized carbons (Fsp3) is 0.625. The minimum Gasteiger partial charge on any atom is -0.508 e. The van der Waals surface area contributed by atoms with Gasteiger partial charge < -0.3 is 28.8 Å². The number of phenolic OH excluding ortho intramolecular Hbond substituents is 1. The molecule has 2 heterocycles. The molecule has 2 aromatic rings. The van der Waals surface area contributed by atoms with Gasteiger partial charge >= 0.3 is 11.9 Å². The Hall–Kier alpha value is -4.18. The number of benzene rings is 1. The molecule has 8 aliphatic rings. The number of carbonyl (C=O) groups is 4. The molecule has 310 valence electrons. The highest BCUT2D eigenvalue weighted by Crippen LogP contribution is 2.81. The minimum atomic E-state index is -1.17. The minimum absolute atomic E-state index is 0.0453. The summed E-state index contributed by atoms with van der Waals surface area (Å²) in [6.45, 7) is 14.7. The van der Waals surface area contributed by atoms with Crippen molar-refractivity contribution in [2.75, 3.05) is 0 Å². The molecule has 1 spiro atoms. The first-order valence-electron chi connectivity index (χ1n) is 21.3. The van der Waals surface area contributed by atoms with Gasteiger partial charge in [0.2, 0.25) is 5.78 Å². The van der Waals surface area contributed by atoms with Crippen molar-refractivity contribution in [2.24, 2.45) is 44.8 Å². The summed E-state index contributed by atoms with van der Waals surface area (Å²) in [4.78, 5) is 51.1. The molecule has 0 amide bonds. The first-order chi connectivity index (χ1) is 27.3. The molecule has 7 aliphatic carbocycles. The van der Waals surface area contributed by atoms with Crippen LogP contribution in [0.25, 0.3) is 0 Å². The summed E-state index contributed by atoms with van der Waals surface area (Å²) in [6.07, 6.45) is 14.1. The van der Waals surface area contributed by atoms with E-state index >= 15 is 0 Å². The fourth-order valence-electron chi connectivity index (χ4n) is 15.1. The third kappa shape index (κ3) is 4.99. The molecule has 58 heavy (non-hydrogen) atoms. The maximum atomic E-state index is 14.3. The number of aryl methyl sites for hydroxylation is 1. The summed E-state index contributed by atoms with van der Waals surface area (Å²) < 4.78 is 23.6. The molecule has 4 saturated carbocycles. The van der Waals surface area contributed by atoms with Gasteiger partial charge in [0.1, 0.15) is 23.6 Å². The second kappa shape index (κ2) is 12.7. The first-order valence-corrected chi connectivity index (χ1v) is 21.3. The van der Waals surface area contributed by atoms with Crippen LogP contribution in [0.2, 0.25) is 0 Å². The number of allylic oxidation sites excluding steroid dienone is 4. The van der Waals surface area contributed by atoms with Crippen LogP contribution in [0.3, 0.4) is 0 Å². The van der Waals surface area contributed by atoms with Gasteiger partial charge in [-0.25, -0.2) is 0 Å². The second-order valence-corrected chi connectivity index (χ2v) is 20.3. The Morgan fingerprint density at radius 2 is 1.66 bits per heavy atom. The van der Waals surface area contributed by atoms with Crippen LogP contribution in [0.5, 0.6) is 5.75 Å². The van der Waals surface area contributed by atoms with Crippen LogP contribution in [-0.2, 0) is 39.8 Å². The predicted molar refractivity (Wildman–Crippen MR) is 213 cm³/mol. The number of esters is 2. The summed E-state index contributed by atoms with van der Waals surface area (Å²) in [5.74, 6) is 0.395. The lowest BCUT2D eigenvalue weighted by atomic mass is 9.38. The lowest BCUT2D eigenvalue weighted by Crippen LogP contribution is -2.70. The molecule has 2 N–H and O–H groups in total. The molecule has 1 aromatic heterocycles. The van der Waals surface area contributed by atoms with Gasteiger partial charge in [-0.3, -0.25) is 19.2 Å². The van der Waals surface area contributed by atoms with Crippen molar-refractivity contribution in [3.05, 3.63) is 77.0 Å². The Labute approximate surface area is 340 Å². The summed E-state index contributed by atoms with van der Waals surface area (Å²) in [6, 6.07) is 7.88. The molecule has 1 saturated heterocycles. The number of Topliss-reactive ketones (excluding diaryl/α,β-unsaturated/α-hetero) is 1. The van der Waals surface area contributed by atoms with Crippen LogP contribution in [-0.4, -0.2) is 57.6 Å². The van der Waals surface area contributed by atoms with Crippen molar-refractivity contribution in [3.8, 4) is 5.75 Å². The number of phenols is 1. The van der Waals surface area contributed by atoms with Crippen LogP contribution in [0.15, 0.2) is 64.7 Å². The van der Waals surface area contributed by atoms with E-state index in [2.05, 4.69) is 19.9 Å². The molecule has 1 aliphatic heterocycles. The highest BCUT2D eigenvalue weighted by molar-refractivity contribution is 6.06. The average molecular weight is 795 g/mol. The van der Waals surface area contributed by atoms with E-state index in [1.54, 1.807) is 38.5 Å². The normalized spacial score (nSPS) is 43.6. The largest absolute Gasteiger partial charge is 0.508 e. The van der Waals surface area contributed by atoms with Gasteiger partial charge in [0.25, 0.3) is 0 Å². The van der Waals surface area contributed by atoms with Gasteiger partial charge in [-0.15, -0.1) is 0 Å². The van der Waals surface area contributed by atoms with Crippen molar-refractivity contribution in [3.63, 3.8) is 0 Å². The van der Waals surface area contributed by atoms with Gasteiger partial charge in [0.05, 0.1) is 29.5 Å². The van der Waals surface area contributed by atoms with Gasteiger partial charge in [0.15, 0.2) is 11.5 Å². The number of hydrogen-bond acceptors (Lipinski definition) is 10. The van der Waals surface area contributed by atoms with Gasteiger partial charge in [0, 0.05) is 36.0 Å². The maximum absolute atomic E-state index is 14.3. The number of aromatic hydroxyl groups is 1. The SMILES string of the molecule is CC(=O)OC1CC2(C)C(c3ccoc3)CC3OC32C2(C)C(=O)C(O)=C3C(C)(C)C(=O)C=CC3(C)C12.CC(=O)OC1CCC2C3CCc4cc(O)ccc4C3CCC12C. The highest BCUT2D eigenvalue weighted by atomic mass is 16.6. The Morgan fingerprint density at radius 1 is 0.914 bits per heavy atom. The highest BCUT2D eigenvalue weighted by Gasteiger charge is 2.89. The van der Waals surface area contributed by atoms with Crippen LogP contribution in [0, 0.1) is 44.8 Å². The molecule has 13 atom stereocenters. The van der Waals surface area contributed by atoms with Gasteiger partial charge in [-0.2, -0.15) is 0 Å². The second-order valence-electron chi connectivity index (χ2n) is 20.3. The van der Waals surface area contributed by atoms with Crippen molar-refractivity contribution in [1.29, 1.82) is 0 Å². The standard InChI is InChI=1S/C28H32O7.C20H26O3/c1-14(29)34-17-12-26(5)16(15-8-10-33-13-15)11-19-28(26,35-19)27(6)21(17)25(4)9-7-18(30)24(2,3)22(25)20(31)23(27)32;1-12(21)23-19-8-7-18-17-5-3-13-11-14(22)4-6-15(13)16(17)9-10-20(18,19)2/h7-10,13,16-17,19,21,31H,11-12H2,1-6H3;4,6,11,16-19,22H,3,5,7-10H2,1-2H3. The number of aliphatic hydroxyl groups is 1. The number of carbonyl (C=O) groups excluding carboxylic acids is 4. The number of furan rings is 1. The van der Waals surface area contributed by atoms with E-state index in [0.717, 1.165) is 24.8 Å². The average Bonchev–Trinajstić information content (AvgIpc) is 3.37. The zero-order valence-electron chi connectivity index (χ0n) is 35.1. The van der Waals surface area contributed by atoms with Crippen LogP contribution in [0.1, 0.15) is 129 Å². The Morgan fingerprint density at radius 3 is 2.34 bits per heavy atom. The number of ether oxygens (including phenoxy) is 3. The molecule has 1 aromatic carbocycles. The number of fused-ring (bicyclic) bond motifs is 8. The number of hydrogen-bond donors (Lipinski definition) is 2. The lowest BCUT2D eigenvalue weighted by molar-refractivity contribution is -0.200. The Bertz CT molecular complexity index is 2160. The van der Waals surface area contributed by atoms with E-state index in [1.165, 1.54) is 44.2 Å². The Balaban J connectivity index is 0.000000164. The quantitative estimate of drug-likeness (QED) is 0.228. The summed E-state index contributed by atoms with van der Waals surface area (Å²) in [5.41, 5.74) is -0.112. The van der Waals surface area contributed by atoms with E-state index in [9.17, 15) is 29.4 Å². The topological polar surface area (TPSA) is 153 Å². The molecule has 5 fully saturated rings. The molecular formula is C48H58O10. The molecule has 10 nitrogen and oxygen atoms in total.